The molecule has 2 aromatic carbocycles. The maximum Gasteiger partial charge on any atom is 0.312 e. The highest BCUT2D eigenvalue weighted by molar-refractivity contribution is 6.00. The monoisotopic (exact) mass is 398 g/mol. The van der Waals surface area contributed by atoms with Crippen molar-refractivity contribution in [1.82, 2.24) is 0 Å². The van der Waals surface area contributed by atoms with Gasteiger partial charge in [-0.05, 0) is 44.5 Å². The molecule has 6 nitrogen and oxygen atoms in total. The van der Waals surface area contributed by atoms with Gasteiger partial charge >= 0.3 is 5.97 Å². The van der Waals surface area contributed by atoms with E-state index >= 15 is 0 Å². The summed E-state index contributed by atoms with van der Waals surface area (Å²) in [7, 11) is 0. The summed E-state index contributed by atoms with van der Waals surface area (Å²) in [5.74, 6) is -2.75. The van der Waals surface area contributed by atoms with E-state index in [2.05, 4.69) is 5.32 Å². The summed E-state index contributed by atoms with van der Waals surface area (Å²) < 4.78 is 19.2. The molecule has 2 aromatic rings. The predicted molar refractivity (Wildman–Crippen MR) is 107 cm³/mol. The van der Waals surface area contributed by atoms with Crippen LogP contribution < -0.4 is 10.2 Å². The molecule has 1 saturated heterocycles. The van der Waals surface area contributed by atoms with Gasteiger partial charge in [-0.15, -0.1) is 0 Å². The second-order valence-electron chi connectivity index (χ2n) is 7.24. The average Bonchev–Trinajstić information content (AvgIpc) is 3.06. The van der Waals surface area contributed by atoms with Crippen LogP contribution >= 0.6 is 0 Å². The summed E-state index contributed by atoms with van der Waals surface area (Å²) in [6.07, 6.45) is -1.11. The molecule has 0 bridgehead atoms. The maximum absolute atomic E-state index is 14.0. The fraction of sp³-hybridized carbons (Fsp3) is 0.318. The number of aryl methyl sites for hydroxylation is 2. The summed E-state index contributed by atoms with van der Waals surface area (Å²) in [4.78, 5) is 38.3. The quantitative estimate of drug-likeness (QED) is 0.784. The summed E-state index contributed by atoms with van der Waals surface area (Å²) >= 11 is 0. The molecular formula is C22H23FN2O4. The number of esters is 1. The molecule has 2 atom stereocenters. The number of amides is 2. The van der Waals surface area contributed by atoms with E-state index < -0.39 is 29.7 Å². The molecule has 0 saturated carbocycles. The van der Waals surface area contributed by atoms with Crippen LogP contribution in [0.2, 0.25) is 0 Å². The number of benzene rings is 2. The average molecular weight is 398 g/mol. The highest BCUT2D eigenvalue weighted by Crippen LogP contribution is 2.28. The van der Waals surface area contributed by atoms with E-state index in [9.17, 15) is 18.8 Å². The minimum absolute atomic E-state index is 0.0179. The third-order valence-electron chi connectivity index (χ3n) is 4.90. The van der Waals surface area contributed by atoms with Crippen LogP contribution in [0.3, 0.4) is 0 Å². The number of anilines is 2. The normalized spacial score (nSPS) is 17.2. The maximum atomic E-state index is 14.0. The minimum Gasteiger partial charge on any atom is -0.452 e. The lowest BCUT2D eigenvalue weighted by molar-refractivity contribution is -0.157. The third-order valence-corrected chi connectivity index (χ3v) is 4.90. The number of halogens is 1. The first-order valence-corrected chi connectivity index (χ1v) is 9.39. The number of hydrogen-bond acceptors (Lipinski definition) is 4. The van der Waals surface area contributed by atoms with E-state index in [0.29, 0.717) is 5.69 Å². The van der Waals surface area contributed by atoms with Crippen LogP contribution in [-0.4, -0.2) is 30.4 Å². The predicted octanol–water partition coefficient (Wildman–Crippen LogP) is 3.37. The Bertz CT molecular complexity index is 960. The van der Waals surface area contributed by atoms with E-state index in [0.717, 1.165) is 11.1 Å². The van der Waals surface area contributed by atoms with Gasteiger partial charge in [0.05, 0.1) is 11.6 Å². The van der Waals surface area contributed by atoms with Crippen LogP contribution in [0.25, 0.3) is 0 Å². The Labute approximate surface area is 168 Å². The van der Waals surface area contributed by atoms with Gasteiger partial charge in [0.2, 0.25) is 5.91 Å². The van der Waals surface area contributed by atoms with Crippen molar-refractivity contribution >= 4 is 29.2 Å². The van der Waals surface area contributed by atoms with Crippen LogP contribution in [0.1, 0.15) is 24.5 Å². The zero-order valence-electron chi connectivity index (χ0n) is 16.6. The number of ether oxygens (including phenoxy) is 1. The molecule has 1 heterocycles. The van der Waals surface area contributed by atoms with Crippen LogP contribution in [0.15, 0.2) is 42.5 Å². The molecule has 7 heteroatoms. The van der Waals surface area contributed by atoms with E-state index in [1.807, 2.05) is 26.0 Å². The molecule has 1 fully saturated rings. The van der Waals surface area contributed by atoms with Crippen LogP contribution in [0.5, 0.6) is 0 Å². The number of nitrogens with zero attached hydrogens (tertiary/aromatic N) is 1. The number of nitrogens with one attached hydrogen (secondary N) is 1. The van der Waals surface area contributed by atoms with Gasteiger partial charge in [0.25, 0.3) is 5.91 Å². The first-order valence-electron chi connectivity index (χ1n) is 9.39. The van der Waals surface area contributed by atoms with E-state index in [4.69, 9.17) is 4.74 Å². The molecule has 0 aromatic heterocycles. The van der Waals surface area contributed by atoms with Gasteiger partial charge in [-0.2, -0.15) is 0 Å². The molecule has 0 spiro atoms. The summed E-state index contributed by atoms with van der Waals surface area (Å²) in [6, 6.07) is 11.5. The standard InChI is InChI=1S/C22H23FN2O4/c1-13-8-9-18(14(2)10-13)24-21(27)15(3)29-22(28)16-11-20(26)25(12-16)19-7-5-4-6-17(19)23/h4-10,15-16H,11-12H2,1-3H3,(H,24,27)/t15-,16-/m0/s1. The molecule has 29 heavy (non-hydrogen) atoms. The Morgan fingerprint density at radius 2 is 1.93 bits per heavy atom. The number of hydrogen-bond donors (Lipinski definition) is 1. The lowest BCUT2D eigenvalue weighted by Gasteiger charge is -2.18. The molecule has 152 valence electrons. The summed E-state index contributed by atoms with van der Waals surface area (Å²) in [5, 5.41) is 2.74. The van der Waals surface area contributed by atoms with Gasteiger partial charge < -0.3 is 15.0 Å². The van der Waals surface area contributed by atoms with Crippen LogP contribution in [-0.2, 0) is 19.1 Å². The Morgan fingerprint density at radius 1 is 1.21 bits per heavy atom. The molecular weight excluding hydrogens is 375 g/mol. The van der Waals surface area contributed by atoms with Crippen molar-refractivity contribution in [1.29, 1.82) is 0 Å². The van der Waals surface area contributed by atoms with Crippen molar-refractivity contribution in [3.05, 3.63) is 59.4 Å². The van der Waals surface area contributed by atoms with E-state index in [1.54, 1.807) is 12.1 Å². The van der Waals surface area contributed by atoms with E-state index in [1.165, 1.54) is 30.0 Å². The molecule has 0 unspecified atom stereocenters. The van der Waals surface area contributed by atoms with Gasteiger partial charge in [-0.3, -0.25) is 14.4 Å². The summed E-state index contributed by atoms with van der Waals surface area (Å²) in [6.45, 7) is 5.32. The molecule has 2 amide bonds. The van der Waals surface area contributed by atoms with Crippen molar-refractivity contribution in [2.24, 2.45) is 5.92 Å². The largest absolute Gasteiger partial charge is 0.452 e. The number of carbonyl (C=O) groups excluding carboxylic acids is 3. The van der Waals surface area contributed by atoms with Crippen molar-refractivity contribution in [2.45, 2.75) is 33.3 Å². The zero-order chi connectivity index (χ0) is 21.1. The van der Waals surface area contributed by atoms with Crippen LogP contribution in [0.4, 0.5) is 15.8 Å². The Balaban J connectivity index is 1.60. The van der Waals surface area contributed by atoms with Gasteiger partial charge in [0, 0.05) is 18.7 Å². The SMILES string of the molecule is Cc1ccc(NC(=O)[C@H](C)OC(=O)[C@H]2CC(=O)N(c3ccccc3F)C2)c(C)c1. The first kappa shape index (κ1) is 20.5. The first-order chi connectivity index (χ1) is 13.8. The highest BCUT2D eigenvalue weighted by Gasteiger charge is 2.38. The zero-order valence-corrected chi connectivity index (χ0v) is 16.6. The van der Waals surface area contributed by atoms with Crippen molar-refractivity contribution < 1.29 is 23.5 Å². The molecule has 1 aliphatic heterocycles. The highest BCUT2D eigenvalue weighted by atomic mass is 19.1. The van der Waals surface area contributed by atoms with Gasteiger partial charge in [-0.25, -0.2) is 4.39 Å². The van der Waals surface area contributed by atoms with Crippen LogP contribution in [0, 0.1) is 25.6 Å². The topological polar surface area (TPSA) is 75.7 Å². The minimum atomic E-state index is -1.03. The molecule has 3 rings (SSSR count). The lowest BCUT2D eigenvalue weighted by atomic mass is 10.1. The van der Waals surface area contributed by atoms with E-state index in [-0.39, 0.29) is 24.6 Å². The van der Waals surface area contributed by atoms with Gasteiger partial charge in [0.1, 0.15) is 5.82 Å². The smallest absolute Gasteiger partial charge is 0.312 e. The third kappa shape index (κ3) is 4.62. The molecule has 1 N–H and O–H groups in total. The van der Waals surface area contributed by atoms with Crippen molar-refractivity contribution in [2.75, 3.05) is 16.8 Å². The van der Waals surface area contributed by atoms with Gasteiger partial charge in [0.15, 0.2) is 6.10 Å². The number of rotatable bonds is 5. The lowest BCUT2D eigenvalue weighted by Crippen LogP contribution is -2.33. The molecule has 0 radical (unpaired) electrons. The second kappa shape index (κ2) is 8.43. The second-order valence-corrected chi connectivity index (χ2v) is 7.24. The molecule has 1 aliphatic rings. The Hall–Kier alpha value is -3.22. The van der Waals surface area contributed by atoms with Gasteiger partial charge in [-0.1, -0.05) is 29.8 Å². The number of carbonyl (C=O) groups is 3. The fourth-order valence-electron chi connectivity index (χ4n) is 3.28. The Morgan fingerprint density at radius 3 is 2.62 bits per heavy atom. The Kier molecular flexibility index (Phi) is 5.96. The van der Waals surface area contributed by atoms with Crippen molar-refractivity contribution in [3.8, 4) is 0 Å². The summed E-state index contributed by atoms with van der Waals surface area (Å²) in [5.41, 5.74) is 2.75. The number of para-hydroxylation sites is 1. The fourth-order valence-corrected chi connectivity index (χ4v) is 3.28. The molecule has 0 aliphatic carbocycles. The van der Waals surface area contributed by atoms with Crippen molar-refractivity contribution in [3.63, 3.8) is 0 Å².